The summed E-state index contributed by atoms with van der Waals surface area (Å²) in [6.45, 7) is 3.11. The molecule has 1 heterocycles. The highest BCUT2D eigenvalue weighted by atomic mass is 35.5. The van der Waals surface area contributed by atoms with Gasteiger partial charge in [-0.25, -0.2) is 0 Å². The van der Waals surface area contributed by atoms with Gasteiger partial charge in [0.2, 0.25) is 0 Å². The van der Waals surface area contributed by atoms with Crippen molar-refractivity contribution in [2.75, 3.05) is 13.7 Å². The zero-order valence-corrected chi connectivity index (χ0v) is 10.3. The number of nitrogens with one attached hydrogen (secondary N) is 1. The van der Waals surface area contributed by atoms with E-state index in [1.165, 1.54) is 0 Å². The smallest absolute Gasteiger partial charge is 0.177 e. The predicted octanol–water partition coefficient (Wildman–Crippen LogP) is 2.65. The molecular formula is C12H16ClNO2. The first-order valence-corrected chi connectivity index (χ1v) is 5.77. The average Bonchev–Trinajstić information content (AvgIpc) is 2.70. The number of halogens is 1. The van der Waals surface area contributed by atoms with Crippen molar-refractivity contribution >= 4 is 11.6 Å². The molecule has 0 saturated carbocycles. The van der Waals surface area contributed by atoms with Gasteiger partial charge in [-0.15, -0.1) is 0 Å². The Balaban J connectivity index is 2.52. The molecule has 2 rings (SSSR count). The lowest BCUT2D eigenvalue weighted by atomic mass is 9.89. The van der Waals surface area contributed by atoms with E-state index in [9.17, 15) is 5.11 Å². The lowest BCUT2D eigenvalue weighted by Gasteiger charge is -2.27. The summed E-state index contributed by atoms with van der Waals surface area (Å²) in [5.41, 5.74) is 0.836. The van der Waals surface area contributed by atoms with E-state index in [4.69, 9.17) is 16.3 Å². The maximum absolute atomic E-state index is 9.87. The minimum atomic E-state index is -0.132. The molecule has 0 spiro atoms. The highest BCUT2D eigenvalue weighted by Crippen LogP contribution is 2.43. The van der Waals surface area contributed by atoms with Crippen LogP contribution in [0.2, 0.25) is 5.02 Å². The van der Waals surface area contributed by atoms with E-state index in [2.05, 4.69) is 12.2 Å². The first-order valence-electron chi connectivity index (χ1n) is 5.39. The maximum atomic E-state index is 9.87. The van der Waals surface area contributed by atoms with E-state index < -0.39 is 0 Å². The molecular weight excluding hydrogens is 226 g/mol. The minimum Gasteiger partial charge on any atom is -0.503 e. The lowest BCUT2D eigenvalue weighted by molar-refractivity contribution is 0.345. The van der Waals surface area contributed by atoms with Gasteiger partial charge in [-0.05, 0) is 32.4 Å². The molecule has 0 aromatic heterocycles. The van der Waals surface area contributed by atoms with E-state index in [0.717, 1.165) is 24.9 Å². The van der Waals surface area contributed by atoms with Gasteiger partial charge < -0.3 is 15.2 Å². The zero-order valence-electron chi connectivity index (χ0n) is 9.51. The van der Waals surface area contributed by atoms with Crippen molar-refractivity contribution in [3.05, 3.63) is 22.7 Å². The van der Waals surface area contributed by atoms with Gasteiger partial charge in [0, 0.05) is 11.1 Å². The van der Waals surface area contributed by atoms with Crippen molar-refractivity contribution in [1.29, 1.82) is 0 Å². The highest BCUT2D eigenvalue weighted by Gasteiger charge is 2.34. The second-order valence-corrected chi connectivity index (χ2v) is 4.75. The molecule has 0 bridgehead atoms. The van der Waals surface area contributed by atoms with Crippen LogP contribution in [0, 0.1) is 0 Å². The molecule has 1 aliphatic heterocycles. The molecule has 1 aromatic rings. The summed E-state index contributed by atoms with van der Waals surface area (Å²) in [6, 6.07) is 3.62. The van der Waals surface area contributed by atoms with Crippen LogP contribution in [0.5, 0.6) is 11.5 Å². The molecule has 1 atom stereocenters. The Hall–Kier alpha value is -0.930. The number of rotatable bonds is 2. The normalized spacial score (nSPS) is 24.7. The van der Waals surface area contributed by atoms with E-state index in [0.29, 0.717) is 10.8 Å². The first kappa shape index (κ1) is 11.6. The quantitative estimate of drug-likeness (QED) is 0.837. The fraction of sp³-hybridized carbons (Fsp3) is 0.500. The molecule has 0 aliphatic carbocycles. The SMILES string of the molecule is COc1c(C2(C)CCCN2)ccc(Cl)c1O. The molecule has 4 heteroatoms. The summed E-state index contributed by atoms with van der Waals surface area (Å²) in [5, 5.41) is 13.6. The summed E-state index contributed by atoms with van der Waals surface area (Å²) >= 11 is 5.87. The predicted molar refractivity (Wildman–Crippen MR) is 64.3 cm³/mol. The Bertz CT molecular complexity index is 400. The van der Waals surface area contributed by atoms with Gasteiger partial charge in [0.1, 0.15) is 0 Å². The van der Waals surface area contributed by atoms with Gasteiger partial charge in [-0.2, -0.15) is 0 Å². The summed E-state index contributed by atoms with van der Waals surface area (Å²) in [7, 11) is 1.55. The Morgan fingerprint density at radius 2 is 2.25 bits per heavy atom. The van der Waals surface area contributed by atoms with Gasteiger partial charge in [0.25, 0.3) is 0 Å². The third-order valence-electron chi connectivity index (χ3n) is 3.25. The van der Waals surface area contributed by atoms with Crippen LogP contribution in [-0.4, -0.2) is 18.8 Å². The third kappa shape index (κ3) is 1.74. The van der Waals surface area contributed by atoms with Crippen LogP contribution in [0.4, 0.5) is 0 Å². The molecule has 1 aliphatic rings. The second-order valence-electron chi connectivity index (χ2n) is 4.34. The standard InChI is InChI=1S/C12H16ClNO2/c1-12(6-3-7-14-12)8-4-5-9(13)10(15)11(8)16-2/h4-5,14-15H,3,6-7H2,1-2H3. The lowest BCUT2D eigenvalue weighted by Crippen LogP contribution is -2.33. The second kappa shape index (κ2) is 4.15. The largest absolute Gasteiger partial charge is 0.503 e. The fourth-order valence-electron chi connectivity index (χ4n) is 2.31. The van der Waals surface area contributed by atoms with Crippen molar-refractivity contribution in [3.8, 4) is 11.5 Å². The molecule has 1 saturated heterocycles. The number of hydrogen-bond acceptors (Lipinski definition) is 3. The van der Waals surface area contributed by atoms with E-state index >= 15 is 0 Å². The van der Waals surface area contributed by atoms with Gasteiger partial charge >= 0.3 is 0 Å². The van der Waals surface area contributed by atoms with Crippen LogP contribution in [-0.2, 0) is 5.54 Å². The third-order valence-corrected chi connectivity index (χ3v) is 3.55. The number of phenolic OH excluding ortho intramolecular Hbond substituents is 1. The van der Waals surface area contributed by atoms with Crippen molar-refractivity contribution in [2.24, 2.45) is 0 Å². The Morgan fingerprint density at radius 3 is 2.81 bits per heavy atom. The summed E-state index contributed by atoms with van der Waals surface area (Å²) < 4.78 is 5.26. The average molecular weight is 242 g/mol. The molecule has 16 heavy (non-hydrogen) atoms. The number of phenols is 1. The van der Waals surface area contributed by atoms with Crippen LogP contribution < -0.4 is 10.1 Å². The number of aromatic hydroxyl groups is 1. The van der Waals surface area contributed by atoms with Crippen molar-refractivity contribution in [3.63, 3.8) is 0 Å². The highest BCUT2D eigenvalue weighted by molar-refractivity contribution is 6.32. The molecule has 88 valence electrons. The molecule has 1 fully saturated rings. The van der Waals surface area contributed by atoms with Gasteiger partial charge in [-0.1, -0.05) is 17.7 Å². The molecule has 0 radical (unpaired) electrons. The summed E-state index contributed by atoms with van der Waals surface area (Å²) in [6.07, 6.45) is 2.16. The number of benzene rings is 1. The fourth-order valence-corrected chi connectivity index (χ4v) is 2.46. The van der Waals surface area contributed by atoms with Crippen molar-refractivity contribution in [1.82, 2.24) is 5.32 Å². The summed E-state index contributed by atoms with van der Waals surface area (Å²) in [4.78, 5) is 0. The van der Waals surface area contributed by atoms with Gasteiger partial charge in [-0.3, -0.25) is 0 Å². The Labute approximate surface area is 100 Å². The number of ether oxygens (including phenoxy) is 1. The van der Waals surface area contributed by atoms with Crippen molar-refractivity contribution in [2.45, 2.75) is 25.3 Å². The number of hydrogen-bond donors (Lipinski definition) is 2. The molecule has 1 aromatic carbocycles. The molecule has 1 unspecified atom stereocenters. The van der Waals surface area contributed by atoms with Crippen molar-refractivity contribution < 1.29 is 9.84 Å². The van der Waals surface area contributed by atoms with E-state index in [1.807, 2.05) is 6.07 Å². The van der Waals surface area contributed by atoms with E-state index in [-0.39, 0.29) is 11.3 Å². The van der Waals surface area contributed by atoms with Crippen LogP contribution in [0.15, 0.2) is 12.1 Å². The molecule has 0 amide bonds. The Morgan fingerprint density at radius 1 is 1.50 bits per heavy atom. The van der Waals surface area contributed by atoms with Crippen LogP contribution in [0.25, 0.3) is 0 Å². The zero-order chi connectivity index (χ0) is 11.8. The van der Waals surface area contributed by atoms with Gasteiger partial charge in [0.05, 0.1) is 12.1 Å². The maximum Gasteiger partial charge on any atom is 0.177 e. The minimum absolute atomic E-state index is 0.0246. The number of methoxy groups -OCH3 is 1. The summed E-state index contributed by atoms with van der Waals surface area (Å²) in [5.74, 6) is 0.501. The van der Waals surface area contributed by atoms with Crippen LogP contribution in [0.1, 0.15) is 25.3 Å². The van der Waals surface area contributed by atoms with Gasteiger partial charge in [0.15, 0.2) is 11.5 Å². The van der Waals surface area contributed by atoms with Crippen LogP contribution in [0.3, 0.4) is 0 Å². The van der Waals surface area contributed by atoms with E-state index in [1.54, 1.807) is 13.2 Å². The Kier molecular flexibility index (Phi) is 3.00. The topological polar surface area (TPSA) is 41.5 Å². The monoisotopic (exact) mass is 241 g/mol. The molecule has 2 N–H and O–H groups in total. The molecule has 3 nitrogen and oxygen atoms in total. The first-order chi connectivity index (χ1) is 7.58. The van der Waals surface area contributed by atoms with Crippen LogP contribution >= 0.6 is 11.6 Å².